The molecular formula is C24H30FN3O4S2. The van der Waals surface area contributed by atoms with Crippen molar-refractivity contribution in [2.45, 2.75) is 71.3 Å². The number of rotatable bonds is 6. The van der Waals surface area contributed by atoms with Crippen LogP contribution in [0.1, 0.15) is 82.0 Å². The lowest BCUT2D eigenvalue weighted by Crippen LogP contribution is -2.41. The molecule has 3 rings (SSSR count). The molecule has 0 amide bonds. The highest BCUT2D eigenvalue weighted by molar-refractivity contribution is 7.90. The Bertz CT molecular complexity index is 1210. The Labute approximate surface area is 206 Å². The van der Waals surface area contributed by atoms with Crippen LogP contribution in [0.15, 0.2) is 29.8 Å². The first-order chi connectivity index (χ1) is 15.7. The zero-order chi connectivity index (χ0) is 25.4. The summed E-state index contributed by atoms with van der Waals surface area (Å²) in [5.74, 6) is -0.920. The van der Waals surface area contributed by atoms with Crippen molar-refractivity contribution in [2.24, 2.45) is 0 Å². The second-order valence-electron chi connectivity index (χ2n) is 9.92. The fourth-order valence-corrected chi connectivity index (χ4v) is 4.89. The van der Waals surface area contributed by atoms with E-state index in [0.717, 1.165) is 4.57 Å². The summed E-state index contributed by atoms with van der Waals surface area (Å²) >= 11 is -0.126. The summed E-state index contributed by atoms with van der Waals surface area (Å²) in [6, 6.07) is 3.62. The molecule has 0 saturated carbocycles. The molecule has 0 radical (unpaired) electrons. The van der Waals surface area contributed by atoms with Crippen LogP contribution in [0.3, 0.4) is 0 Å². The zero-order valence-electron chi connectivity index (χ0n) is 20.4. The van der Waals surface area contributed by atoms with Gasteiger partial charge in [0.25, 0.3) is 0 Å². The van der Waals surface area contributed by atoms with Gasteiger partial charge < -0.3 is 9.29 Å². The molecule has 7 nitrogen and oxygen atoms in total. The van der Waals surface area contributed by atoms with E-state index in [-0.39, 0.29) is 27.9 Å². The molecule has 0 bridgehead atoms. The second kappa shape index (κ2) is 9.77. The fraction of sp³-hybridized carbons (Fsp3) is 0.458. The highest BCUT2D eigenvalue weighted by Gasteiger charge is 2.31. The van der Waals surface area contributed by atoms with Crippen molar-refractivity contribution >= 4 is 45.5 Å². The minimum Gasteiger partial charge on any atom is -0.598 e. The predicted octanol–water partition coefficient (Wildman–Crippen LogP) is 5.75. The van der Waals surface area contributed by atoms with E-state index < -0.39 is 33.6 Å². The maximum Gasteiger partial charge on any atom is 0.419 e. The molecule has 3 aromatic rings. The van der Waals surface area contributed by atoms with Gasteiger partial charge >= 0.3 is 6.09 Å². The fourth-order valence-electron chi connectivity index (χ4n) is 3.17. The standard InChI is InChI=1S/C24H30FN3O4S2/c1-8-17(27-34(31)24(5,6)7)18-13-33-21(26-18)20(29)16-12-28(22(30)32-23(2,3)4)19-11-14(25)9-10-15(16)19/h9-13,17,27H,8H2,1-7H3/t17-,34-/m0/s1. The summed E-state index contributed by atoms with van der Waals surface area (Å²) in [6.07, 6.45) is 1.30. The molecule has 0 saturated heterocycles. The first-order valence-electron chi connectivity index (χ1n) is 10.9. The number of thiazole rings is 1. The molecular weight excluding hydrogens is 477 g/mol. The van der Waals surface area contributed by atoms with Crippen molar-refractivity contribution in [1.29, 1.82) is 0 Å². The van der Waals surface area contributed by atoms with Crippen molar-refractivity contribution in [2.75, 3.05) is 0 Å². The van der Waals surface area contributed by atoms with E-state index in [1.807, 2.05) is 27.7 Å². The van der Waals surface area contributed by atoms with E-state index in [9.17, 15) is 18.5 Å². The smallest absolute Gasteiger partial charge is 0.419 e. The van der Waals surface area contributed by atoms with Gasteiger partial charge in [0.05, 0.1) is 22.8 Å². The van der Waals surface area contributed by atoms with Gasteiger partial charge in [-0.05, 0) is 66.2 Å². The number of nitrogens with one attached hydrogen (secondary N) is 1. The molecule has 0 fully saturated rings. The average molecular weight is 508 g/mol. The first kappa shape index (κ1) is 26.3. The first-order valence-corrected chi connectivity index (χ1v) is 13.0. The molecule has 0 aliphatic heterocycles. The zero-order valence-corrected chi connectivity index (χ0v) is 22.0. The van der Waals surface area contributed by atoms with Crippen LogP contribution in [0.2, 0.25) is 0 Å². The van der Waals surface area contributed by atoms with Crippen molar-refractivity contribution < 1.29 is 23.3 Å². The molecule has 2 aromatic heterocycles. The molecule has 0 spiro atoms. The lowest BCUT2D eigenvalue weighted by atomic mass is 10.1. The van der Waals surface area contributed by atoms with Gasteiger partial charge in [0.15, 0.2) is 5.01 Å². The Hall–Kier alpha value is -2.27. The molecule has 34 heavy (non-hydrogen) atoms. The van der Waals surface area contributed by atoms with Crippen LogP contribution in [-0.4, -0.2) is 36.3 Å². The molecule has 2 atom stereocenters. The molecule has 1 aromatic carbocycles. The van der Waals surface area contributed by atoms with Crippen molar-refractivity contribution in [3.8, 4) is 0 Å². The molecule has 184 valence electrons. The average Bonchev–Trinajstić information content (AvgIpc) is 3.34. The number of aromatic nitrogens is 2. The Kier molecular flexibility index (Phi) is 7.57. The maximum atomic E-state index is 14.0. The third kappa shape index (κ3) is 5.86. The summed E-state index contributed by atoms with van der Waals surface area (Å²) in [4.78, 5) is 30.6. The number of ether oxygens (including phenoxy) is 1. The van der Waals surface area contributed by atoms with Gasteiger partial charge in [-0.3, -0.25) is 9.36 Å². The number of fused-ring (bicyclic) bond motifs is 1. The number of halogens is 1. The van der Waals surface area contributed by atoms with E-state index in [1.165, 1.54) is 35.7 Å². The van der Waals surface area contributed by atoms with Gasteiger partial charge in [-0.1, -0.05) is 6.92 Å². The number of nitrogens with zero attached hydrogens (tertiary/aromatic N) is 2. The van der Waals surface area contributed by atoms with E-state index in [2.05, 4.69) is 9.71 Å². The largest absolute Gasteiger partial charge is 0.598 e. The van der Waals surface area contributed by atoms with Crippen LogP contribution in [0.5, 0.6) is 0 Å². The molecule has 1 N–H and O–H groups in total. The maximum absolute atomic E-state index is 14.0. The quantitative estimate of drug-likeness (QED) is 0.337. The lowest BCUT2D eigenvalue weighted by Gasteiger charge is -2.26. The highest BCUT2D eigenvalue weighted by atomic mass is 32.2. The minimum absolute atomic E-state index is 0.223. The summed E-state index contributed by atoms with van der Waals surface area (Å²) in [6.45, 7) is 12.8. The summed E-state index contributed by atoms with van der Waals surface area (Å²) < 4.78 is 35.7. The summed E-state index contributed by atoms with van der Waals surface area (Å²) in [5.41, 5.74) is 0.324. The number of carbonyl (C=O) groups excluding carboxylic acids is 2. The van der Waals surface area contributed by atoms with Crippen molar-refractivity contribution in [3.63, 3.8) is 0 Å². The number of benzene rings is 1. The van der Waals surface area contributed by atoms with Gasteiger partial charge in [0.1, 0.15) is 16.2 Å². The Balaban J connectivity index is 1.96. The number of ketones is 1. The van der Waals surface area contributed by atoms with Crippen LogP contribution >= 0.6 is 11.3 Å². The van der Waals surface area contributed by atoms with E-state index >= 15 is 0 Å². The third-order valence-corrected chi connectivity index (χ3v) is 7.36. The van der Waals surface area contributed by atoms with Crippen LogP contribution in [0.25, 0.3) is 10.9 Å². The van der Waals surface area contributed by atoms with Crippen LogP contribution in [-0.2, 0) is 16.1 Å². The van der Waals surface area contributed by atoms with E-state index in [0.29, 0.717) is 17.5 Å². The number of hydrogen-bond acceptors (Lipinski definition) is 7. The monoisotopic (exact) mass is 507 g/mol. The number of hydrogen-bond donors (Lipinski definition) is 1. The van der Waals surface area contributed by atoms with Gasteiger partial charge in [0.2, 0.25) is 5.78 Å². The van der Waals surface area contributed by atoms with Crippen molar-refractivity contribution in [3.05, 3.63) is 51.9 Å². The van der Waals surface area contributed by atoms with Crippen LogP contribution < -0.4 is 4.72 Å². The third-order valence-electron chi connectivity index (χ3n) is 4.89. The predicted molar refractivity (Wildman–Crippen MR) is 133 cm³/mol. The summed E-state index contributed by atoms with van der Waals surface area (Å²) in [5, 5.41) is 2.42. The normalized spacial score (nSPS) is 14.3. The van der Waals surface area contributed by atoms with E-state index in [4.69, 9.17) is 4.74 Å². The van der Waals surface area contributed by atoms with Crippen molar-refractivity contribution in [1.82, 2.24) is 14.3 Å². The van der Waals surface area contributed by atoms with Gasteiger partial charge in [-0.25, -0.2) is 14.2 Å². The molecule has 10 heteroatoms. The van der Waals surface area contributed by atoms with Gasteiger partial charge in [-0.15, -0.1) is 16.1 Å². The summed E-state index contributed by atoms with van der Waals surface area (Å²) in [7, 11) is 0. The van der Waals surface area contributed by atoms with Gasteiger partial charge in [0, 0.05) is 28.3 Å². The molecule has 0 aliphatic rings. The molecule has 2 heterocycles. The topological polar surface area (TPSA) is 96.3 Å². The second-order valence-corrected chi connectivity index (χ2v) is 12.8. The minimum atomic E-state index is -1.30. The van der Waals surface area contributed by atoms with Crippen LogP contribution in [0, 0.1) is 5.82 Å². The van der Waals surface area contributed by atoms with E-state index in [1.54, 1.807) is 26.2 Å². The Morgan fingerprint density at radius 1 is 1.26 bits per heavy atom. The van der Waals surface area contributed by atoms with Crippen LogP contribution in [0.4, 0.5) is 9.18 Å². The Morgan fingerprint density at radius 2 is 1.94 bits per heavy atom. The number of carbonyl (C=O) groups is 2. The van der Waals surface area contributed by atoms with Gasteiger partial charge in [-0.2, -0.15) is 0 Å². The lowest BCUT2D eigenvalue weighted by molar-refractivity contribution is 0.0544. The molecule has 0 unspecified atom stereocenters. The SMILES string of the molecule is CC[C@H](N[S@@+]([O-])C(C)(C)C)c1csc(C(=O)c2cn(C(=O)OC(C)(C)C)c3cc(F)ccc23)n1. The highest BCUT2D eigenvalue weighted by Crippen LogP contribution is 2.29. The molecule has 0 aliphatic carbocycles. The Morgan fingerprint density at radius 3 is 2.53 bits per heavy atom.